The second-order valence-electron chi connectivity index (χ2n) is 15.9. The fourth-order valence-corrected chi connectivity index (χ4v) is 44.8. The molecule has 0 radical (unpaired) electrons. The Morgan fingerprint density at radius 3 is 0.585 bits per heavy atom. The van der Waals surface area contributed by atoms with Crippen molar-refractivity contribution in [3.8, 4) is 0 Å². The number of benzene rings is 4. The Kier molecular flexibility index (Phi) is 13.9. The van der Waals surface area contributed by atoms with Crippen molar-refractivity contribution in [1.82, 2.24) is 0 Å². The van der Waals surface area contributed by atoms with Gasteiger partial charge in [-0.05, 0) is 99.3 Å². The summed E-state index contributed by atoms with van der Waals surface area (Å²) in [5.74, 6) is 0. The van der Waals surface area contributed by atoms with Crippen LogP contribution < -0.4 is 20.7 Å². The third kappa shape index (κ3) is 12.6. The highest BCUT2D eigenvalue weighted by atomic mass is 28.5. The quantitative estimate of drug-likeness (QED) is 0.120. The zero-order valence-electron chi connectivity index (χ0n) is 33.3. The van der Waals surface area contributed by atoms with E-state index in [2.05, 4.69) is 0 Å². The third-order valence-corrected chi connectivity index (χ3v) is 38.3. The molecule has 0 aromatic heterocycles. The SMILES string of the molecule is C[Si](C)(O[Si](C)(C)O[Si](C)(C)O[Si](C)(C)O[Si](O)(c1ccccc1)c1ccccc1)O[Si](C)(C)O[Si](C)(C)O[Si](O)(c1ccccc1)c1ccccc1. The smallest absolute Gasteiger partial charge is 0.395 e. The van der Waals surface area contributed by atoms with Crippen LogP contribution in [0.4, 0.5) is 0 Å². The summed E-state index contributed by atoms with van der Waals surface area (Å²) in [4.78, 5) is 24.5. The van der Waals surface area contributed by atoms with Gasteiger partial charge in [-0.2, -0.15) is 0 Å². The second kappa shape index (κ2) is 16.8. The highest BCUT2D eigenvalue weighted by Gasteiger charge is 2.52. The van der Waals surface area contributed by atoms with E-state index < -0.39 is 68.5 Å². The van der Waals surface area contributed by atoms with Gasteiger partial charge < -0.3 is 38.4 Å². The van der Waals surface area contributed by atoms with Crippen LogP contribution in [0.15, 0.2) is 121 Å². The summed E-state index contributed by atoms with van der Waals surface area (Å²) >= 11 is 0. The van der Waals surface area contributed by atoms with Gasteiger partial charge in [0.25, 0.3) is 0 Å². The van der Waals surface area contributed by atoms with Crippen molar-refractivity contribution in [1.29, 1.82) is 0 Å². The Hall–Kier alpha value is -1.74. The van der Waals surface area contributed by atoms with Crippen LogP contribution in [0.3, 0.4) is 0 Å². The van der Waals surface area contributed by atoms with Gasteiger partial charge in [0.2, 0.25) is 0 Å². The molecule has 0 saturated heterocycles. The van der Waals surface area contributed by atoms with Gasteiger partial charge in [-0.15, -0.1) is 0 Å². The fourth-order valence-electron chi connectivity index (χ4n) is 7.02. The number of rotatable bonds is 18. The molecular formula is C36H58O9Si8. The molecule has 0 saturated carbocycles. The maximum absolute atomic E-state index is 12.2. The maximum Gasteiger partial charge on any atom is 0.395 e. The number of hydrogen-bond donors (Lipinski definition) is 2. The minimum absolute atomic E-state index is 0.761. The minimum atomic E-state index is -3.59. The Balaban J connectivity index is 1.45. The molecule has 0 amide bonds. The molecule has 0 heterocycles. The van der Waals surface area contributed by atoms with E-state index in [9.17, 15) is 9.59 Å². The average molecular weight is 860 g/mol. The van der Waals surface area contributed by atoms with Gasteiger partial charge in [0.1, 0.15) is 0 Å². The predicted octanol–water partition coefficient (Wildman–Crippen LogP) is 5.81. The molecule has 0 unspecified atom stereocenters. The molecule has 0 fully saturated rings. The molecule has 0 aliphatic carbocycles. The molecule has 4 rings (SSSR count). The highest BCUT2D eigenvalue weighted by molar-refractivity contribution is 6.99. The zero-order chi connectivity index (χ0) is 39.4. The second-order valence-corrected chi connectivity index (χ2v) is 43.3. The van der Waals surface area contributed by atoms with Crippen molar-refractivity contribution < 1.29 is 38.4 Å². The topological polar surface area (TPSA) is 105 Å². The van der Waals surface area contributed by atoms with Crippen LogP contribution in [0.5, 0.6) is 0 Å². The molecule has 0 aliphatic rings. The van der Waals surface area contributed by atoms with Gasteiger partial charge >= 0.3 is 68.5 Å². The monoisotopic (exact) mass is 858 g/mol. The first-order valence-electron chi connectivity index (χ1n) is 17.9. The molecular weight excluding hydrogens is 801 g/mol. The van der Waals surface area contributed by atoms with Crippen molar-refractivity contribution in [2.24, 2.45) is 0 Å². The van der Waals surface area contributed by atoms with Gasteiger partial charge in [0.05, 0.1) is 0 Å². The van der Waals surface area contributed by atoms with Gasteiger partial charge in [0, 0.05) is 0 Å². The lowest BCUT2D eigenvalue weighted by Crippen LogP contribution is -2.68. The largest absolute Gasteiger partial charge is 0.416 e. The van der Waals surface area contributed by atoms with Crippen LogP contribution in [-0.2, 0) is 28.8 Å². The van der Waals surface area contributed by atoms with E-state index in [1.165, 1.54) is 0 Å². The first kappa shape index (κ1) is 44.0. The molecule has 9 nitrogen and oxygen atoms in total. The van der Waals surface area contributed by atoms with Gasteiger partial charge in [0.15, 0.2) is 0 Å². The summed E-state index contributed by atoms with van der Waals surface area (Å²) in [6.45, 7) is 23.9. The third-order valence-electron chi connectivity index (χ3n) is 7.91. The Morgan fingerprint density at radius 1 is 0.264 bits per heavy atom. The number of hydrogen-bond acceptors (Lipinski definition) is 9. The minimum Gasteiger partial charge on any atom is -0.416 e. The van der Waals surface area contributed by atoms with Gasteiger partial charge in [-0.25, -0.2) is 0 Å². The van der Waals surface area contributed by atoms with Crippen LogP contribution in [-0.4, -0.2) is 78.1 Å². The van der Waals surface area contributed by atoms with Gasteiger partial charge in [-0.3, -0.25) is 0 Å². The summed E-state index contributed by atoms with van der Waals surface area (Å²) in [6, 6.07) is 38.4. The van der Waals surface area contributed by atoms with Crippen LogP contribution in [0.1, 0.15) is 0 Å². The predicted molar refractivity (Wildman–Crippen MR) is 233 cm³/mol. The van der Waals surface area contributed by atoms with Crippen LogP contribution >= 0.6 is 0 Å². The standard InChI is InChI=1S/C36H58O9Si8/c1-46(2,40-48(5,6)42-50(9,10)44-52(37,33-25-17-13-18-26-33)34-27-19-14-20-28-34)39-47(3,4)41-49(7,8)43-51(11,12)45-53(38,35-29-21-15-22-30-35)36-31-23-16-24-32-36/h13-32,37-38H,1-12H3. The van der Waals surface area contributed by atoms with E-state index in [0.29, 0.717) is 0 Å². The summed E-state index contributed by atoms with van der Waals surface area (Å²) in [7, 11) is -24.6. The average Bonchev–Trinajstić information content (AvgIpc) is 3.03. The van der Waals surface area contributed by atoms with Gasteiger partial charge in [-0.1, -0.05) is 121 Å². The first-order chi connectivity index (χ1) is 24.4. The fraction of sp³-hybridized carbons (Fsp3) is 0.333. The molecule has 17 heteroatoms. The molecule has 0 spiro atoms. The van der Waals surface area contributed by atoms with Crippen molar-refractivity contribution in [3.63, 3.8) is 0 Å². The van der Waals surface area contributed by atoms with E-state index in [4.69, 9.17) is 28.8 Å². The summed E-state index contributed by atoms with van der Waals surface area (Å²) in [5.41, 5.74) is 0. The summed E-state index contributed by atoms with van der Waals surface area (Å²) in [5, 5.41) is 3.04. The van der Waals surface area contributed by atoms with E-state index in [1.54, 1.807) is 0 Å². The highest BCUT2D eigenvalue weighted by Crippen LogP contribution is 2.29. The van der Waals surface area contributed by atoms with E-state index in [-0.39, 0.29) is 0 Å². The molecule has 288 valence electrons. The first-order valence-corrected chi connectivity index (χ1v) is 38.6. The van der Waals surface area contributed by atoms with E-state index in [0.717, 1.165) is 20.7 Å². The van der Waals surface area contributed by atoms with Crippen molar-refractivity contribution >= 4 is 89.2 Å². The molecule has 4 aromatic rings. The summed E-state index contributed by atoms with van der Waals surface area (Å²) in [6.07, 6.45) is 0. The normalized spacial score (nSPS) is 14.0. The Labute approximate surface area is 325 Å². The van der Waals surface area contributed by atoms with Crippen LogP contribution in [0, 0.1) is 0 Å². The molecule has 0 bridgehead atoms. The summed E-state index contributed by atoms with van der Waals surface area (Å²) < 4.78 is 47.5. The lowest BCUT2D eigenvalue weighted by molar-refractivity contribution is 0.258. The lowest BCUT2D eigenvalue weighted by atomic mass is 10.4. The molecule has 0 atom stereocenters. The molecule has 4 aromatic carbocycles. The Bertz CT molecular complexity index is 1540. The van der Waals surface area contributed by atoms with Crippen LogP contribution in [0.2, 0.25) is 78.6 Å². The molecule has 2 N–H and O–H groups in total. The Morgan fingerprint density at radius 2 is 0.415 bits per heavy atom. The molecule has 53 heavy (non-hydrogen) atoms. The maximum atomic E-state index is 12.2. The lowest BCUT2D eigenvalue weighted by Gasteiger charge is -2.44. The van der Waals surface area contributed by atoms with E-state index >= 15 is 0 Å². The van der Waals surface area contributed by atoms with E-state index in [1.807, 2.05) is 200 Å². The van der Waals surface area contributed by atoms with Crippen molar-refractivity contribution in [2.45, 2.75) is 78.6 Å². The van der Waals surface area contributed by atoms with Crippen molar-refractivity contribution in [3.05, 3.63) is 121 Å². The van der Waals surface area contributed by atoms with Crippen molar-refractivity contribution in [2.75, 3.05) is 0 Å². The zero-order valence-corrected chi connectivity index (χ0v) is 41.3. The molecule has 0 aliphatic heterocycles. The van der Waals surface area contributed by atoms with Crippen LogP contribution in [0.25, 0.3) is 0 Å².